The van der Waals surface area contributed by atoms with Crippen LogP contribution >= 0.6 is 22.7 Å². The topological polar surface area (TPSA) is 87.7 Å². The maximum atomic E-state index is 7.52. The van der Waals surface area contributed by atoms with Crippen molar-refractivity contribution in [3.8, 4) is 78.1 Å². The van der Waals surface area contributed by atoms with Crippen LogP contribution in [-0.2, 0) is 12.8 Å². The summed E-state index contributed by atoms with van der Waals surface area (Å²) in [7, 11) is 0. The van der Waals surface area contributed by atoms with Crippen LogP contribution in [0.5, 0.6) is 0 Å². The molecule has 10 heteroatoms. The van der Waals surface area contributed by atoms with Crippen LogP contribution in [0.2, 0.25) is 0 Å². The van der Waals surface area contributed by atoms with Crippen LogP contribution in [0.4, 0.5) is 0 Å². The first-order chi connectivity index (χ1) is 56.5. The predicted octanol–water partition coefficient (Wildman–Crippen LogP) is 28.3. The van der Waals surface area contributed by atoms with E-state index in [2.05, 4.69) is 326 Å². The Morgan fingerprint density at radius 2 is 0.904 bits per heavy atom. The van der Waals surface area contributed by atoms with E-state index in [0.717, 1.165) is 160 Å². The van der Waals surface area contributed by atoms with Gasteiger partial charge in [-0.25, -0.2) is 19.9 Å². The molecule has 0 fully saturated rings. The lowest BCUT2D eigenvalue weighted by Crippen LogP contribution is -2.04. The summed E-state index contributed by atoms with van der Waals surface area (Å²) in [5, 5.41) is 12.0. The van der Waals surface area contributed by atoms with Crippen molar-refractivity contribution in [3.05, 3.63) is 362 Å². The first-order valence-corrected chi connectivity index (χ1v) is 40.8. The fraction of sp³-hybridized carbons (Fsp3) is 0.0577. The van der Waals surface area contributed by atoms with Gasteiger partial charge in [0.15, 0.2) is 0 Å². The van der Waals surface area contributed by atoms with Gasteiger partial charge >= 0.3 is 0 Å². The van der Waals surface area contributed by atoms with Gasteiger partial charge in [0.2, 0.25) is 0 Å². The Morgan fingerprint density at radius 3 is 1.64 bits per heavy atom. The van der Waals surface area contributed by atoms with Crippen LogP contribution in [0, 0.1) is 0 Å². The van der Waals surface area contributed by atoms with Gasteiger partial charge < -0.3 is 18.0 Å². The van der Waals surface area contributed by atoms with Crippen LogP contribution in [-0.4, -0.2) is 29.1 Å². The average Bonchev–Trinajstić information content (AvgIpc) is 1.67. The van der Waals surface area contributed by atoms with Gasteiger partial charge in [-0.15, -0.1) is 22.7 Å². The number of para-hydroxylation sites is 1. The summed E-state index contributed by atoms with van der Waals surface area (Å²) in [6.45, 7) is 0. The lowest BCUT2D eigenvalue weighted by Gasteiger charge is -2.19. The second-order valence-corrected chi connectivity index (χ2v) is 32.7. The normalized spacial score (nSPS) is 14.3. The number of aromatic nitrogens is 6. The molecule has 0 aliphatic heterocycles. The number of hydrogen-bond acceptors (Lipinski definition) is 8. The number of benzene rings is 13. The molecule has 8 heterocycles. The average molecular weight is 1500 g/mol. The van der Waals surface area contributed by atoms with E-state index in [9.17, 15) is 0 Å². The largest absolute Gasteiger partial charge is 0.456 e. The Hall–Kier alpha value is -13.9. The molecule has 8 aromatic heterocycles. The fourth-order valence-corrected chi connectivity index (χ4v) is 21.1. The van der Waals surface area contributed by atoms with Gasteiger partial charge in [0.25, 0.3) is 0 Å². The third-order valence-electron chi connectivity index (χ3n) is 24.2. The van der Waals surface area contributed by atoms with Gasteiger partial charge in [-0.3, -0.25) is 0 Å². The maximum absolute atomic E-state index is 7.52. The number of nitrogens with zero attached hydrogens (tertiary/aromatic N) is 6. The van der Waals surface area contributed by atoms with E-state index < -0.39 is 0 Å². The van der Waals surface area contributed by atoms with Gasteiger partial charge in [-0.2, -0.15) is 0 Å². The molecular formula is C104H66N6O2S2. The van der Waals surface area contributed by atoms with E-state index in [0.29, 0.717) is 0 Å². The molecule has 536 valence electrons. The molecule has 0 bridgehead atoms. The number of allylic oxidation sites excluding steroid dienone is 6. The Balaban J connectivity index is 0.659. The quantitative estimate of drug-likeness (QED) is 0.128. The predicted molar refractivity (Wildman–Crippen MR) is 475 cm³/mol. The Bertz CT molecular complexity index is 7790. The highest BCUT2D eigenvalue weighted by molar-refractivity contribution is 7.26. The lowest BCUT2D eigenvalue weighted by molar-refractivity contribution is 0.591. The first-order valence-electron chi connectivity index (χ1n) is 39.2. The molecular weight excluding hydrogens is 1430 g/mol. The van der Waals surface area contributed by atoms with Crippen LogP contribution in [0.1, 0.15) is 64.5 Å². The lowest BCUT2D eigenvalue weighted by atomic mass is 9.83. The minimum absolute atomic E-state index is 0.101. The Kier molecular flexibility index (Phi) is 14.7. The van der Waals surface area contributed by atoms with Crippen molar-refractivity contribution in [2.24, 2.45) is 0 Å². The zero-order chi connectivity index (χ0) is 74.6. The summed E-state index contributed by atoms with van der Waals surface area (Å²) in [6, 6.07) is 97.4. The maximum Gasteiger partial charge on any atom is 0.143 e. The van der Waals surface area contributed by atoms with Crippen LogP contribution in [0.25, 0.3) is 207 Å². The molecule has 0 saturated heterocycles. The molecule has 8 nitrogen and oxygen atoms in total. The summed E-state index contributed by atoms with van der Waals surface area (Å²) in [5.74, 6) is 1.01. The van der Waals surface area contributed by atoms with Crippen molar-refractivity contribution < 1.29 is 8.83 Å². The zero-order valence-corrected chi connectivity index (χ0v) is 63.3. The van der Waals surface area contributed by atoms with E-state index >= 15 is 0 Å². The molecule has 0 spiro atoms. The van der Waals surface area contributed by atoms with Gasteiger partial charge in [0.05, 0.1) is 52.7 Å². The number of hydrogen-bond donors (Lipinski definition) is 0. The molecule has 1 unspecified atom stereocenters. The first kappa shape index (κ1) is 64.9. The molecule has 13 aromatic carbocycles. The highest BCUT2D eigenvalue weighted by Gasteiger charge is 2.30. The van der Waals surface area contributed by atoms with E-state index in [1.54, 1.807) is 12.7 Å². The minimum atomic E-state index is 0.101. The third kappa shape index (κ3) is 10.4. The van der Waals surface area contributed by atoms with Crippen molar-refractivity contribution in [2.45, 2.75) is 38.0 Å². The summed E-state index contributed by atoms with van der Waals surface area (Å²) in [5.41, 5.74) is 31.2. The van der Waals surface area contributed by atoms with Gasteiger partial charge in [0, 0.05) is 107 Å². The standard InChI is InChI=1S/C104H66N6O2S2/c1-5-25-91-79(21-1)85-49-67(29-39-93(85)109(91)75-55-105-59-106-56-75)63-15-9-13-61(45-63)65-17-11-19-73(47-65)77-35-37-83(101-89-53-69(31-41-95(89)111-103(77)101)71-33-43-99-87(51-71)81-23-3-7-27-97(81)113-99)84-38-36-78(104-102(84)90-54-70(32-42-96(90)112-104)72-34-44-100-88(52-72)82-24-4-8-28-98(82)114-100)74-20-12-18-66(48-74)62-14-10-16-64(46-62)68-30-40-94-86(50-68)80-22-2-6-26-92(80)110(94)76-57-107-60-108-58-76/h1-5,7-11,13-17,19-25,27-53,55-60,70H,6,12,18,26,54H2. The second kappa shape index (κ2) is 25.8. The molecule has 0 saturated carbocycles. The number of furan rings is 2. The molecule has 3 aliphatic rings. The Morgan fingerprint density at radius 1 is 0.368 bits per heavy atom. The fourth-order valence-electron chi connectivity index (χ4n) is 18.9. The second-order valence-electron chi connectivity index (χ2n) is 30.6. The van der Waals surface area contributed by atoms with E-state index in [1.807, 2.05) is 47.5 Å². The molecule has 0 amide bonds. The van der Waals surface area contributed by atoms with Gasteiger partial charge in [0.1, 0.15) is 35.2 Å². The summed E-state index contributed by atoms with van der Waals surface area (Å²) in [6.07, 6.45) is 29.4. The minimum Gasteiger partial charge on any atom is -0.456 e. The van der Waals surface area contributed by atoms with Crippen molar-refractivity contribution >= 4 is 152 Å². The molecule has 1 atom stereocenters. The highest BCUT2D eigenvalue weighted by Crippen LogP contribution is 2.52. The monoisotopic (exact) mass is 1490 g/mol. The van der Waals surface area contributed by atoms with Crippen LogP contribution in [0.3, 0.4) is 0 Å². The zero-order valence-electron chi connectivity index (χ0n) is 61.7. The molecule has 3 aliphatic carbocycles. The smallest absolute Gasteiger partial charge is 0.143 e. The molecule has 0 N–H and O–H groups in total. The summed E-state index contributed by atoms with van der Waals surface area (Å²) < 4.78 is 24.8. The molecule has 114 heavy (non-hydrogen) atoms. The van der Waals surface area contributed by atoms with Gasteiger partial charge in [-0.05, 0) is 231 Å². The summed E-state index contributed by atoms with van der Waals surface area (Å²) in [4.78, 5) is 17.6. The number of fused-ring (bicyclic) bond motifs is 18. The van der Waals surface area contributed by atoms with Gasteiger partial charge in [-0.1, -0.05) is 182 Å². The number of thiophene rings is 2. The summed E-state index contributed by atoms with van der Waals surface area (Å²) >= 11 is 3.72. The SMILES string of the molecule is C1=Cc2c(n(-c3cncnc3)c3ccc(-c4cccc(C5=CC(c6ccc(-c7ccc(-c8cccc(-c9cccc(-c%10ccc%11c(c%10)c%10ccccc%10n%11-c%10cncnc%10)c9)c8)c8oc9ccc(-c%10ccc%11sc%12ccccc%12c%11c%10)cc9c78)c7c8c(oc67)C=CC(c6ccc7sc9ccccc9c7c6)C8)=CCC5)c4)cc23)CC1. The van der Waals surface area contributed by atoms with E-state index in [1.165, 1.54) is 107 Å². The van der Waals surface area contributed by atoms with Crippen LogP contribution in [0.15, 0.2) is 331 Å². The number of rotatable bonds is 11. The van der Waals surface area contributed by atoms with Crippen molar-refractivity contribution in [1.29, 1.82) is 0 Å². The third-order valence-corrected chi connectivity index (χ3v) is 26.5. The van der Waals surface area contributed by atoms with Crippen molar-refractivity contribution in [2.75, 3.05) is 0 Å². The van der Waals surface area contributed by atoms with Crippen molar-refractivity contribution in [3.63, 3.8) is 0 Å². The highest BCUT2D eigenvalue weighted by atomic mass is 32.1. The molecule has 0 radical (unpaired) electrons. The van der Waals surface area contributed by atoms with E-state index in [4.69, 9.17) is 8.83 Å². The molecule has 24 rings (SSSR count). The Labute approximate surface area is 663 Å². The molecule has 21 aromatic rings. The van der Waals surface area contributed by atoms with Crippen molar-refractivity contribution in [1.82, 2.24) is 29.1 Å². The van der Waals surface area contributed by atoms with E-state index in [-0.39, 0.29) is 5.92 Å². The van der Waals surface area contributed by atoms with Crippen LogP contribution < -0.4 is 0 Å².